The highest BCUT2D eigenvalue weighted by atomic mass is 32.1. The van der Waals surface area contributed by atoms with Crippen molar-refractivity contribution in [3.63, 3.8) is 0 Å². The number of nitrogens with one attached hydrogen (secondary N) is 3. The summed E-state index contributed by atoms with van der Waals surface area (Å²) in [4.78, 5) is 29.1. The predicted molar refractivity (Wildman–Crippen MR) is 128 cm³/mol. The lowest BCUT2D eigenvalue weighted by molar-refractivity contribution is 0.0919. The maximum Gasteiger partial charge on any atom is 0.315 e. The molecule has 0 bridgehead atoms. The van der Waals surface area contributed by atoms with E-state index >= 15 is 0 Å². The van der Waals surface area contributed by atoms with Crippen LogP contribution in [0, 0.1) is 5.82 Å². The molecule has 0 atom stereocenters. The largest absolute Gasteiger partial charge is 0.483 e. The van der Waals surface area contributed by atoms with Crippen molar-refractivity contribution < 1.29 is 18.7 Å². The first-order valence-corrected chi connectivity index (χ1v) is 12.2. The summed E-state index contributed by atoms with van der Waals surface area (Å²) >= 11 is 1.30. The number of halogens is 1. The second-order valence-corrected chi connectivity index (χ2v) is 9.12. The Morgan fingerprint density at radius 1 is 0.971 bits per heavy atom. The van der Waals surface area contributed by atoms with E-state index in [1.807, 2.05) is 30.3 Å². The Morgan fingerprint density at radius 2 is 1.65 bits per heavy atom. The van der Waals surface area contributed by atoms with Crippen LogP contribution >= 0.6 is 11.3 Å². The van der Waals surface area contributed by atoms with Crippen molar-refractivity contribution in [2.24, 2.45) is 0 Å². The normalized spacial score (nSPS) is 17.6. The molecule has 1 aliphatic rings. The fraction of sp³-hybridized carbons (Fsp3) is 0.320. The van der Waals surface area contributed by atoms with Gasteiger partial charge in [0, 0.05) is 24.0 Å². The number of benzene rings is 2. The van der Waals surface area contributed by atoms with Gasteiger partial charge in [0.25, 0.3) is 5.91 Å². The van der Waals surface area contributed by atoms with Gasteiger partial charge in [-0.2, -0.15) is 0 Å². The van der Waals surface area contributed by atoms with Gasteiger partial charge in [-0.15, -0.1) is 11.3 Å². The Kier molecular flexibility index (Phi) is 8.08. The van der Waals surface area contributed by atoms with E-state index in [4.69, 9.17) is 4.74 Å². The van der Waals surface area contributed by atoms with Crippen molar-refractivity contribution in [3.05, 3.63) is 82.1 Å². The third kappa shape index (κ3) is 6.77. The molecule has 0 unspecified atom stereocenters. The number of aromatic nitrogens is 1. The zero-order valence-corrected chi connectivity index (χ0v) is 19.4. The molecule has 0 saturated heterocycles. The molecule has 0 spiro atoms. The first-order chi connectivity index (χ1) is 16.6. The Hall–Kier alpha value is -3.46. The summed E-state index contributed by atoms with van der Waals surface area (Å²) in [6, 6.07) is 15.9. The smallest absolute Gasteiger partial charge is 0.315 e. The molecule has 3 amide bonds. The highest BCUT2D eigenvalue weighted by Gasteiger charge is 2.24. The summed E-state index contributed by atoms with van der Waals surface area (Å²) in [6.45, 7) is 0.584. The van der Waals surface area contributed by atoms with Gasteiger partial charge in [0.15, 0.2) is 11.6 Å². The average molecular weight is 483 g/mol. The van der Waals surface area contributed by atoms with Crippen LogP contribution in [-0.4, -0.2) is 29.0 Å². The van der Waals surface area contributed by atoms with Crippen molar-refractivity contribution in [1.82, 2.24) is 20.9 Å². The molecule has 34 heavy (non-hydrogen) atoms. The first kappa shape index (κ1) is 23.7. The molecule has 1 aromatic heterocycles. The molecule has 3 N–H and O–H groups in total. The molecule has 1 saturated carbocycles. The van der Waals surface area contributed by atoms with Crippen LogP contribution in [0.15, 0.2) is 60.0 Å². The van der Waals surface area contributed by atoms with Crippen LogP contribution in [0.1, 0.15) is 46.7 Å². The number of hydrogen-bond acceptors (Lipinski definition) is 5. The van der Waals surface area contributed by atoms with Crippen molar-refractivity contribution in [3.8, 4) is 5.75 Å². The van der Waals surface area contributed by atoms with Gasteiger partial charge in [-0.25, -0.2) is 14.2 Å². The SMILES string of the molecule is O=C(NCc1ccccc1)NC1CCC(NC(=O)c2csc(COc3ccccc3F)n2)CC1. The van der Waals surface area contributed by atoms with Gasteiger partial charge in [-0.05, 0) is 43.4 Å². The van der Waals surface area contributed by atoms with Crippen LogP contribution < -0.4 is 20.7 Å². The summed E-state index contributed by atoms with van der Waals surface area (Å²) in [5, 5.41) is 11.2. The minimum absolute atomic E-state index is 0.0396. The van der Waals surface area contributed by atoms with E-state index in [0.29, 0.717) is 17.2 Å². The number of carbonyl (C=O) groups excluding carboxylic acids is 2. The summed E-state index contributed by atoms with van der Waals surface area (Å²) in [5.41, 5.74) is 1.38. The lowest BCUT2D eigenvalue weighted by Crippen LogP contribution is -2.46. The van der Waals surface area contributed by atoms with Crippen LogP contribution in [0.2, 0.25) is 0 Å². The van der Waals surface area contributed by atoms with Crippen molar-refractivity contribution >= 4 is 23.3 Å². The number of rotatable bonds is 8. The van der Waals surface area contributed by atoms with Gasteiger partial charge < -0.3 is 20.7 Å². The van der Waals surface area contributed by atoms with Gasteiger partial charge in [0.05, 0.1) is 0 Å². The van der Waals surface area contributed by atoms with Gasteiger partial charge in [0.1, 0.15) is 17.3 Å². The van der Waals surface area contributed by atoms with Crippen LogP contribution in [0.5, 0.6) is 5.75 Å². The first-order valence-electron chi connectivity index (χ1n) is 11.3. The Labute approximate surface area is 201 Å². The van der Waals surface area contributed by atoms with E-state index in [2.05, 4.69) is 20.9 Å². The molecule has 0 radical (unpaired) electrons. The second kappa shape index (κ2) is 11.6. The molecule has 3 aromatic rings. The third-order valence-electron chi connectivity index (χ3n) is 5.67. The third-order valence-corrected chi connectivity index (χ3v) is 6.49. The number of carbonyl (C=O) groups is 2. The minimum atomic E-state index is -0.434. The topological polar surface area (TPSA) is 92.4 Å². The van der Waals surface area contributed by atoms with Gasteiger partial charge >= 0.3 is 6.03 Å². The maximum absolute atomic E-state index is 13.7. The standard InChI is InChI=1S/C25H27FN4O3S/c26-20-8-4-5-9-22(20)33-15-23-30-21(16-34-23)24(31)28-18-10-12-19(13-11-18)29-25(32)27-14-17-6-2-1-3-7-17/h1-9,16,18-19H,10-15H2,(H,28,31)(H2,27,29,32). The number of urea groups is 1. The number of ether oxygens (including phenoxy) is 1. The number of nitrogens with zero attached hydrogens (tertiary/aromatic N) is 1. The Bertz CT molecular complexity index is 1100. The van der Waals surface area contributed by atoms with E-state index in [1.165, 1.54) is 17.4 Å². The fourth-order valence-corrected chi connectivity index (χ4v) is 4.52. The highest BCUT2D eigenvalue weighted by Crippen LogP contribution is 2.21. The minimum Gasteiger partial charge on any atom is -0.483 e. The monoisotopic (exact) mass is 482 g/mol. The molecule has 178 valence electrons. The lowest BCUT2D eigenvalue weighted by atomic mass is 9.91. The lowest BCUT2D eigenvalue weighted by Gasteiger charge is -2.29. The molecular weight excluding hydrogens is 455 g/mol. The maximum atomic E-state index is 13.7. The Balaban J connectivity index is 1.17. The van der Waals surface area contributed by atoms with Gasteiger partial charge in [0.2, 0.25) is 0 Å². The van der Waals surface area contributed by atoms with Gasteiger partial charge in [-0.1, -0.05) is 42.5 Å². The molecule has 1 aliphatic carbocycles. The number of hydrogen-bond donors (Lipinski definition) is 3. The van der Waals surface area contributed by atoms with E-state index < -0.39 is 5.82 Å². The summed E-state index contributed by atoms with van der Waals surface area (Å²) < 4.78 is 19.1. The van der Waals surface area contributed by atoms with E-state index in [9.17, 15) is 14.0 Å². The van der Waals surface area contributed by atoms with E-state index in [-0.39, 0.29) is 36.4 Å². The molecule has 7 nitrogen and oxygen atoms in total. The average Bonchev–Trinajstić information content (AvgIpc) is 3.33. The molecule has 9 heteroatoms. The zero-order chi connectivity index (χ0) is 23.8. The van der Waals surface area contributed by atoms with Crippen LogP contribution in [0.25, 0.3) is 0 Å². The Morgan fingerprint density at radius 3 is 2.38 bits per heavy atom. The van der Waals surface area contributed by atoms with Crippen molar-refractivity contribution in [2.45, 2.75) is 50.9 Å². The molecule has 0 aliphatic heterocycles. The van der Waals surface area contributed by atoms with Gasteiger partial charge in [-0.3, -0.25) is 4.79 Å². The quantitative estimate of drug-likeness (QED) is 0.444. The molecular formula is C25H27FN4O3S. The number of amides is 3. The summed E-state index contributed by atoms with van der Waals surface area (Å²) in [6.07, 6.45) is 3.15. The highest BCUT2D eigenvalue weighted by molar-refractivity contribution is 7.09. The molecule has 2 aromatic carbocycles. The molecule has 4 rings (SSSR count). The van der Waals surface area contributed by atoms with Crippen molar-refractivity contribution in [2.75, 3.05) is 0 Å². The summed E-state index contributed by atoms with van der Waals surface area (Å²) in [5.74, 6) is -0.510. The predicted octanol–water partition coefficient (Wildman–Crippen LogP) is 4.40. The van der Waals surface area contributed by atoms with Crippen LogP contribution in [-0.2, 0) is 13.2 Å². The zero-order valence-electron chi connectivity index (χ0n) is 18.6. The number of para-hydroxylation sites is 1. The molecule has 1 heterocycles. The molecule has 1 fully saturated rings. The van der Waals surface area contributed by atoms with Crippen LogP contribution in [0.3, 0.4) is 0 Å². The fourth-order valence-electron chi connectivity index (χ4n) is 3.84. The van der Waals surface area contributed by atoms with Crippen molar-refractivity contribution in [1.29, 1.82) is 0 Å². The van der Waals surface area contributed by atoms with E-state index in [0.717, 1.165) is 31.2 Å². The summed E-state index contributed by atoms with van der Waals surface area (Å²) in [7, 11) is 0. The number of thiazole rings is 1. The second-order valence-electron chi connectivity index (χ2n) is 8.18. The van der Waals surface area contributed by atoms with E-state index in [1.54, 1.807) is 23.6 Å². The van der Waals surface area contributed by atoms with Crippen LogP contribution in [0.4, 0.5) is 9.18 Å².